The molecular formula is C18H32N2O. The van der Waals surface area contributed by atoms with Crippen molar-refractivity contribution in [1.82, 2.24) is 9.80 Å². The van der Waals surface area contributed by atoms with E-state index in [-0.39, 0.29) is 0 Å². The van der Waals surface area contributed by atoms with Crippen molar-refractivity contribution in [2.24, 2.45) is 5.41 Å². The second-order valence-corrected chi connectivity index (χ2v) is 7.59. The first kappa shape index (κ1) is 16.5. The van der Waals surface area contributed by atoms with Crippen LogP contribution in [0, 0.1) is 5.41 Å². The molecule has 0 unspecified atom stereocenters. The number of hydrogen-bond donors (Lipinski definition) is 0. The van der Waals surface area contributed by atoms with Gasteiger partial charge in [0, 0.05) is 32.7 Å². The third-order valence-electron chi connectivity index (χ3n) is 5.66. The Balaban J connectivity index is 1.83. The lowest BCUT2D eigenvalue weighted by Gasteiger charge is -2.38. The van der Waals surface area contributed by atoms with E-state index in [1.807, 2.05) is 11.9 Å². The van der Waals surface area contributed by atoms with Crippen molar-refractivity contribution in [1.29, 1.82) is 0 Å². The monoisotopic (exact) mass is 292 g/mol. The van der Waals surface area contributed by atoms with Crippen LogP contribution in [-0.4, -0.2) is 48.9 Å². The van der Waals surface area contributed by atoms with Gasteiger partial charge < -0.3 is 9.80 Å². The second-order valence-electron chi connectivity index (χ2n) is 7.59. The molecule has 3 nitrogen and oxygen atoms in total. The van der Waals surface area contributed by atoms with Gasteiger partial charge in [0.2, 0.25) is 6.41 Å². The van der Waals surface area contributed by atoms with E-state index in [0.717, 1.165) is 32.3 Å². The molecule has 0 saturated carbocycles. The van der Waals surface area contributed by atoms with Crippen molar-refractivity contribution in [3.63, 3.8) is 0 Å². The summed E-state index contributed by atoms with van der Waals surface area (Å²) in [6.07, 6.45) is 8.43. The second kappa shape index (κ2) is 6.95. The topological polar surface area (TPSA) is 23.6 Å². The summed E-state index contributed by atoms with van der Waals surface area (Å²) >= 11 is 0. The zero-order valence-corrected chi connectivity index (χ0v) is 14.3. The van der Waals surface area contributed by atoms with Crippen LogP contribution in [0.15, 0.2) is 11.1 Å². The Morgan fingerprint density at radius 2 is 2.00 bits per heavy atom. The molecule has 1 aliphatic heterocycles. The van der Waals surface area contributed by atoms with Gasteiger partial charge in [-0.3, -0.25) is 4.79 Å². The smallest absolute Gasteiger partial charge is 0.209 e. The number of rotatable bonds is 5. The molecule has 0 atom stereocenters. The number of piperidine rings is 1. The third-order valence-corrected chi connectivity index (χ3v) is 5.66. The summed E-state index contributed by atoms with van der Waals surface area (Å²) in [5.74, 6) is 0. The van der Waals surface area contributed by atoms with Gasteiger partial charge in [-0.15, -0.1) is 0 Å². The van der Waals surface area contributed by atoms with E-state index < -0.39 is 0 Å². The fourth-order valence-electron chi connectivity index (χ4n) is 4.13. The molecule has 21 heavy (non-hydrogen) atoms. The van der Waals surface area contributed by atoms with Crippen LogP contribution in [0.1, 0.15) is 59.3 Å². The lowest BCUT2D eigenvalue weighted by molar-refractivity contribution is -0.119. The van der Waals surface area contributed by atoms with E-state index in [1.165, 1.54) is 32.2 Å². The molecule has 1 heterocycles. The summed E-state index contributed by atoms with van der Waals surface area (Å²) in [5, 5.41) is 0. The standard InChI is InChI=1S/C18H32N2O/c1-15-6-5-10-18(2,3)17(15)9-13-20-11-7-16(8-12-20)19(4)14-21/h14,16H,5-13H2,1-4H3. The van der Waals surface area contributed by atoms with Crippen LogP contribution in [0.3, 0.4) is 0 Å². The highest BCUT2D eigenvalue weighted by Gasteiger charge is 2.29. The first-order valence-electron chi connectivity index (χ1n) is 8.53. The van der Waals surface area contributed by atoms with Crippen LogP contribution in [0.25, 0.3) is 0 Å². The van der Waals surface area contributed by atoms with E-state index in [2.05, 4.69) is 25.7 Å². The molecular weight excluding hydrogens is 260 g/mol. The van der Waals surface area contributed by atoms with E-state index in [9.17, 15) is 4.79 Å². The number of amides is 1. The Morgan fingerprint density at radius 1 is 1.33 bits per heavy atom. The molecule has 0 aromatic carbocycles. The van der Waals surface area contributed by atoms with Gasteiger partial charge in [-0.2, -0.15) is 0 Å². The number of likely N-dealkylation sites (tertiary alicyclic amines) is 1. The molecule has 0 aromatic heterocycles. The first-order valence-corrected chi connectivity index (χ1v) is 8.53. The van der Waals surface area contributed by atoms with Crippen LogP contribution < -0.4 is 0 Å². The van der Waals surface area contributed by atoms with Gasteiger partial charge in [0.15, 0.2) is 0 Å². The van der Waals surface area contributed by atoms with Crippen molar-refractivity contribution in [3.8, 4) is 0 Å². The van der Waals surface area contributed by atoms with Crippen molar-refractivity contribution >= 4 is 6.41 Å². The minimum Gasteiger partial charge on any atom is -0.345 e. The predicted molar refractivity (Wildman–Crippen MR) is 88.2 cm³/mol. The molecule has 0 spiro atoms. The fraction of sp³-hybridized carbons (Fsp3) is 0.833. The van der Waals surface area contributed by atoms with Gasteiger partial charge in [0.25, 0.3) is 0 Å². The average molecular weight is 292 g/mol. The molecule has 1 fully saturated rings. The zero-order valence-electron chi connectivity index (χ0n) is 14.3. The lowest BCUT2D eigenvalue weighted by Crippen LogP contribution is -2.43. The van der Waals surface area contributed by atoms with Crippen molar-refractivity contribution in [2.75, 3.05) is 26.7 Å². The largest absolute Gasteiger partial charge is 0.345 e. The van der Waals surface area contributed by atoms with E-state index in [4.69, 9.17) is 0 Å². The molecule has 1 amide bonds. The highest BCUT2D eigenvalue weighted by Crippen LogP contribution is 2.41. The number of carbonyl (C=O) groups excluding carboxylic acids is 1. The highest BCUT2D eigenvalue weighted by molar-refractivity contribution is 5.47. The maximum atomic E-state index is 10.8. The summed E-state index contributed by atoms with van der Waals surface area (Å²) in [7, 11) is 1.91. The Bertz CT molecular complexity index is 392. The van der Waals surface area contributed by atoms with Crippen LogP contribution in [0.5, 0.6) is 0 Å². The minimum absolute atomic E-state index is 0.401. The average Bonchev–Trinajstić information content (AvgIpc) is 2.46. The summed E-state index contributed by atoms with van der Waals surface area (Å²) in [4.78, 5) is 15.3. The van der Waals surface area contributed by atoms with Gasteiger partial charge in [0.05, 0.1) is 0 Å². The molecule has 1 aliphatic carbocycles. The van der Waals surface area contributed by atoms with E-state index >= 15 is 0 Å². The molecule has 1 saturated heterocycles. The molecule has 2 rings (SSSR count). The molecule has 3 heteroatoms. The molecule has 2 aliphatic rings. The van der Waals surface area contributed by atoms with Crippen molar-refractivity contribution in [2.45, 2.75) is 65.3 Å². The molecule has 0 N–H and O–H groups in total. The van der Waals surface area contributed by atoms with Crippen molar-refractivity contribution < 1.29 is 4.79 Å². The summed E-state index contributed by atoms with van der Waals surface area (Å²) in [5.41, 5.74) is 3.75. The van der Waals surface area contributed by atoms with Crippen LogP contribution in [0.4, 0.5) is 0 Å². The van der Waals surface area contributed by atoms with Crippen molar-refractivity contribution in [3.05, 3.63) is 11.1 Å². The summed E-state index contributed by atoms with van der Waals surface area (Å²) in [6.45, 7) is 10.6. The van der Waals surface area contributed by atoms with Gasteiger partial charge in [-0.1, -0.05) is 25.0 Å². The SMILES string of the molecule is CC1=C(CCN2CCC(N(C)C=O)CC2)C(C)(C)CCC1. The summed E-state index contributed by atoms with van der Waals surface area (Å²) < 4.78 is 0. The Kier molecular flexibility index (Phi) is 5.48. The number of carbonyl (C=O) groups is 1. The summed E-state index contributed by atoms with van der Waals surface area (Å²) in [6, 6.07) is 0.450. The van der Waals surface area contributed by atoms with Gasteiger partial charge in [-0.25, -0.2) is 0 Å². The molecule has 0 radical (unpaired) electrons. The normalized spacial score (nSPS) is 24.2. The minimum atomic E-state index is 0.401. The van der Waals surface area contributed by atoms with E-state index in [1.54, 1.807) is 11.1 Å². The van der Waals surface area contributed by atoms with Crippen LogP contribution >= 0.6 is 0 Å². The third kappa shape index (κ3) is 4.09. The Labute approximate surface area is 130 Å². The van der Waals surface area contributed by atoms with Gasteiger partial charge in [-0.05, 0) is 50.9 Å². The molecule has 0 bridgehead atoms. The molecule has 0 aromatic rings. The van der Waals surface area contributed by atoms with Gasteiger partial charge in [0.1, 0.15) is 0 Å². The highest BCUT2D eigenvalue weighted by atomic mass is 16.1. The lowest BCUT2D eigenvalue weighted by atomic mass is 9.71. The predicted octanol–water partition coefficient (Wildman–Crippen LogP) is 3.46. The molecule has 120 valence electrons. The van der Waals surface area contributed by atoms with Crippen LogP contribution in [-0.2, 0) is 4.79 Å². The van der Waals surface area contributed by atoms with Crippen LogP contribution in [0.2, 0.25) is 0 Å². The Morgan fingerprint density at radius 3 is 2.57 bits per heavy atom. The van der Waals surface area contributed by atoms with E-state index in [0.29, 0.717) is 11.5 Å². The zero-order chi connectivity index (χ0) is 15.5. The number of nitrogens with zero attached hydrogens (tertiary/aromatic N) is 2. The number of hydrogen-bond acceptors (Lipinski definition) is 2. The maximum Gasteiger partial charge on any atom is 0.209 e. The first-order chi connectivity index (χ1) is 9.94. The fourth-order valence-corrected chi connectivity index (χ4v) is 4.13. The van der Waals surface area contributed by atoms with Gasteiger partial charge >= 0.3 is 0 Å². The Hall–Kier alpha value is -0.830. The number of allylic oxidation sites excluding steroid dienone is 1. The maximum absolute atomic E-state index is 10.8. The quantitative estimate of drug-likeness (QED) is 0.572.